The van der Waals surface area contributed by atoms with Crippen LogP contribution in [0.15, 0.2) is 6.20 Å². The highest BCUT2D eigenvalue weighted by Crippen LogP contribution is 2.33. The van der Waals surface area contributed by atoms with Crippen LogP contribution in [0.1, 0.15) is 45.6 Å². The number of aryl methyl sites for hydroxylation is 1. The summed E-state index contributed by atoms with van der Waals surface area (Å²) in [5, 5.41) is 3.28. The Hall–Kier alpha value is -1.32. The topological polar surface area (TPSA) is 41.1 Å². The van der Waals surface area contributed by atoms with Gasteiger partial charge in [0.15, 0.2) is 0 Å². The van der Waals surface area contributed by atoms with Crippen LogP contribution in [0.25, 0.3) is 0 Å². The molecule has 4 nitrogen and oxygen atoms in total. The third-order valence-electron chi connectivity index (χ3n) is 3.30. The van der Waals surface area contributed by atoms with Crippen LogP contribution in [0.4, 0.5) is 11.8 Å². The molecule has 1 aliphatic rings. The first-order valence-electron chi connectivity index (χ1n) is 7.46. The summed E-state index contributed by atoms with van der Waals surface area (Å²) < 4.78 is 0. The summed E-state index contributed by atoms with van der Waals surface area (Å²) in [7, 11) is 0. The zero-order valence-electron chi connectivity index (χ0n) is 12.6. The predicted molar refractivity (Wildman–Crippen MR) is 80.8 cm³/mol. The van der Waals surface area contributed by atoms with Gasteiger partial charge in [-0.2, -0.15) is 4.98 Å². The average Bonchev–Trinajstić information content (AvgIpc) is 3.19. The molecule has 1 saturated carbocycles. The van der Waals surface area contributed by atoms with Gasteiger partial charge in [0.05, 0.1) is 0 Å². The molecule has 19 heavy (non-hydrogen) atoms. The molecule has 0 aliphatic heterocycles. The largest absolute Gasteiger partial charge is 0.354 e. The van der Waals surface area contributed by atoms with E-state index in [4.69, 9.17) is 4.98 Å². The van der Waals surface area contributed by atoms with Crippen LogP contribution < -0.4 is 10.2 Å². The number of nitrogens with one attached hydrogen (secondary N) is 1. The summed E-state index contributed by atoms with van der Waals surface area (Å²) >= 11 is 0. The fourth-order valence-corrected chi connectivity index (χ4v) is 2.23. The normalized spacial score (nSPS) is 14.8. The maximum atomic E-state index is 4.73. The lowest BCUT2D eigenvalue weighted by atomic mass is 10.2. The van der Waals surface area contributed by atoms with Crippen LogP contribution in [-0.4, -0.2) is 29.1 Å². The van der Waals surface area contributed by atoms with Gasteiger partial charge in [0.2, 0.25) is 5.95 Å². The fraction of sp³-hybridized carbons (Fsp3) is 0.733. The Kier molecular flexibility index (Phi) is 4.61. The van der Waals surface area contributed by atoms with Crippen molar-refractivity contribution < 1.29 is 0 Å². The number of hydrogen-bond donors (Lipinski definition) is 1. The van der Waals surface area contributed by atoms with Gasteiger partial charge >= 0.3 is 0 Å². The third-order valence-corrected chi connectivity index (χ3v) is 3.30. The molecule has 0 amide bonds. The van der Waals surface area contributed by atoms with Gasteiger partial charge in [0, 0.05) is 30.9 Å². The number of anilines is 2. The van der Waals surface area contributed by atoms with Crippen LogP contribution in [0.2, 0.25) is 0 Å². The summed E-state index contributed by atoms with van der Waals surface area (Å²) in [6.45, 7) is 10.8. The van der Waals surface area contributed by atoms with Crippen molar-refractivity contribution in [1.82, 2.24) is 9.97 Å². The Balaban J connectivity index is 2.19. The molecule has 1 aliphatic carbocycles. The van der Waals surface area contributed by atoms with E-state index in [0.29, 0.717) is 12.0 Å². The summed E-state index contributed by atoms with van der Waals surface area (Å²) in [5.74, 6) is 2.53. The third kappa shape index (κ3) is 3.82. The lowest BCUT2D eigenvalue weighted by Gasteiger charge is -2.27. The average molecular weight is 262 g/mol. The molecule has 0 atom stereocenters. The van der Waals surface area contributed by atoms with E-state index in [2.05, 4.69) is 42.9 Å². The highest BCUT2D eigenvalue weighted by Gasteiger charge is 2.31. The highest BCUT2D eigenvalue weighted by molar-refractivity contribution is 5.50. The molecule has 1 fully saturated rings. The number of aromatic nitrogens is 2. The molecular weight excluding hydrogens is 236 g/mol. The highest BCUT2D eigenvalue weighted by atomic mass is 15.3. The molecule has 1 aromatic rings. The van der Waals surface area contributed by atoms with E-state index in [1.54, 1.807) is 0 Å². The quantitative estimate of drug-likeness (QED) is 0.819. The second-order valence-electron chi connectivity index (χ2n) is 5.90. The first-order valence-corrected chi connectivity index (χ1v) is 7.46. The predicted octanol–water partition coefficient (Wildman–Crippen LogP) is 3.23. The summed E-state index contributed by atoms with van der Waals surface area (Å²) in [6, 6.07) is 0.690. The van der Waals surface area contributed by atoms with Gasteiger partial charge in [-0.15, -0.1) is 0 Å². The maximum absolute atomic E-state index is 4.73. The molecule has 4 heteroatoms. The Bertz CT molecular complexity index is 413. The molecule has 1 N–H and O–H groups in total. The molecule has 0 aromatic carbocycles. The lowest BCUT2D eigenvalue weighted by Crippen LogP contribution is -2.31. The SMILES string of the molecule is CCCNc1ncc(C)c(N(CC(C)C)C2CC2)n1. The first kappa shape index (κ1) is 14.1. The zero-order valence-corrected chi connectivity index (χ0v) is 12.6. The molecule has 0 radical (unpaired) electrons. The van der Waals surface area contributed by atoms with Crippen molar-refractivity contribution in [2.75, 3.05) is 23.3 Å². The van der Waals surface area contributed by atoms with Crippen LogP contribution in [0.3, 0.4) is 0 Å². The molecule has 0 saturated heterocycles. The summed E-state index contributed by atoms with van der Waals surface area (Å²) in [6.07, 6.45) is 5.63. The van der Waals surface area contributed by atoms with E-state index >= 15 is 0 Å². The zero-order chi connectivity index (χ0) is 13.8. The molecule has 106 valence electrons. The van der Waals surface area contributed by atoms with E-state index in [1.165, 1.54) is 18.4 Å². The Morgan fingerprint density at radius 2 is 2.16 bits per heavy atom. The van der Waals surface area contributed by atoms with Crippen molar-refractivity contribution >= 4 is 11.8 Å². The monoisotopic (exact) mass is 262 g/mol. The van der Waals surface area contributed by atoms with Gasteiger partial charge in [-0.1, -0.05) is 20.8 Å². The van der Waals surface area contributed by atoms with Crippen LogP contribution >= 0.6 is 0 Å². The number of nitrogens with zero attached hydrogens (tertiary/aromatic N) is 3. The Morgan fingerprint density at radius 1 is 1.42 bits per heavy atom. The van der Waals surface area contributed by atoms with E-state index in [1.807, 2.05) is 6.20 Å². The first-order chi connectivity index (χ1) is 9.11. The van der Waals surface area contributed by atoms with Crippen molar-refractivity contribution in [3.63, 3.8) is 0 Å². The number of hydrogen-bond acceptors (Lipinski definition) is 4. The minimum Gasteiger partial charge on any atom is -0.354 e. The van der Waals surface area contributed by atoms with Crippen molar-refractivity contribution in [3.05, 3.63) is 11.8 Å². The minimum atomic E-state index is 0.655. The second kappa shape index (κ2) is 6.22. The van der Waals surface area contributed by atoms with Gasteiger partial charge in [-0.3, -0.25) is 0 Å². The number of rotatable bonds is 7. The lowest BCUT2D eigenvalue weighted by molar-refractivity contribution is 0.601. The second-order valence-corrected chi connectivity index (χ2v) is 5.90. The van der Waals surface area contributed by atoms with E-state index < -0.39 is 0 Å². The fourth-order valence-electron chi connectivity index (χ4n) is 2.23. The summed E-state index contributed by atoms with van der Waals surface area (Å²) in [4.78, 5) is 11.6. The van der Waals surface area contributed by atoms with Crippen molar-refractivity contribution in [2.45, 2.75) is 53.0 Å². The Labute approximate surface area is 116 Å². The van der Waals surface area contributed by atoms with Gasteiger partial charge in [-0.05, 0) is 32.1 Å². The van der Waals surface area contributed by atoms with Gasteiger partial charge in [-0.25, -0.2) is 4.98 Å². The molecule has 1 heterocycles. The van der Waals surface area contributed by atoms with Crippen LogP contribution in [-0.2, 0) is 0 Å². The standard InChI is InChI=1S/C15H26N4/c1-5-8-16-15-17-9-12(4)14(18-15)19(10-11(2)3)13-6-7-13/h9,11,13H,5-8,10H2,1-4H3,(H,16,17,18). The van der Waals surface area contributed by atoms with E-state index in [-0.39, 0.29) is 0 Å². The molecule has 2 rings (SSSR count). The van der Waals surface area contributed by atoms with Crippen molar-refractivity contribution in [2.24, 2.45) is 5.92 Å². The molecule has 0 bridgehead atoms. The van der Waals surface area contributed by atoms with E-state index in [9.17, 15) is 0 Å². The molecule has 0 spiro atoms. The van der Waals surface area contributed by atoms with Gasteiger partial charge in [0.25, 0.3) is 0 Å². The van der Waals surface area contributed by atoms with Crippen LogP contribution in [0, 0.1) is 12.8 Å². The van der Waals surface area contributed by atoms with Gasteiger partial charge in [0.1, 0.15) is 5.82 Å². The molecular formula is C15H26N4. The van der Waals surface area contributed by atoms with Gasteiger partial charge < -0.3 is 10.2 Å². The minimum absolute atomic E-state index is 0.655. The molecule has 0 unspecified atom stereocenters. The summed E-state index contributed by atoms with van der Waals surface area (Å²) in [5.41, 5.74) is 1.18. The Morgan fingerprint density at radius 3 is 2.74 bits per heavy atom. The van der Waals surface area contributed by atoms with Crippen molar-refractivity contribution in [3.8, 4) is 0 Å². The van der Waals surface area contributed by atoms with E-state index in [0.717, 1.165) is 31.3 Å². The smallest absolute Gasteiger partial charge is 0.224 e. The molecule has 1 aromatic heterocycles. The maximum Gasteiger partial charge on any atom is 0.224 e. The van der Waals surface area contributed by atoms with Crippen LogP contribution in [0.5, 0.6) is 0 Å². The van der Waals surface area contributed by atoms with Crippen molar-refractivity contribution in [1.29, 1.82) is 0 Å².